The van der Waals surface area contributed by atoms with Crippen molar-refractivity contribution >= 4 is 49.1 Å². The van der Waals surface area contributed by atoms with E-state index in [2.05, 4.69) is 15.9 Å². The van der Waals surface area contributed by atoms with Crippen molar-refractivity contribution < 1.29 is 27.5 Å². The zero-order valence-corrected chi connectivity index (χ0v) is 19.2. The summed E-state index contributed by atoms with van der Waals surface area (Å²) in [6, 6.07) is 15.6. The van der Waals surface area contributed by atoms with E-state index in [-0.39, 0.29) is 27.3 Å². The van der Waals surface area contributed by atoms with Crippen LogP contribution < -0.4 is 10.0 Å². The number of ketones is 1. The molecule has 1 unspecified atom stereocenters. The summed E-state index contributed by atoms with van der Waals surface area (Å²) in [5.74, 6) is -3.14. The number of amides is 1. The molecule has 10 heteroatoms. The first-order valence-corrected chi connectivity index (χ1v) is 11.9. The normalized spacial score (nSPS) is 18.0. The van der Waals surface area contributed by atoms with Crippen LogP contribution >= 0.6 is 15.9 Å². The second-order valence-electron chi connectivity index (χ2n) is 7.24. The molecule has 1 aliphatic heterocycles. The molecule has 0 spiro atoms. The van der Waals surface area contributed by atoms with Crippen molar-refractivity contribution in [2.45, 2.75) is 10.9 Å². The van der Waals surface area contributed by atoms with Gasteiger partial charge >= 0.3 is 0 Å². The van der Waals surface area contributed by atoms with Crippen molar-refractivity contribution in [1.29, 1.82) is 0 Å². The lowest BCUT2D eigenvalue weighted by Crippen LogP contribution is -2.30. The van der Waals surface area contributed by atoms with Crippen LogP contribution in [0.4, 0.5) is 10.1 Å². The van der Waals surface area contributed by atoms with Crippen LogP contribution in [-0.4, -0.2) is 25.2 Å². The highest BCUT2D eigenvalue weighted by Crippen LogP contribution is 2.43. The summed E-state index contributed by atoms with van der Waals surface area (Å²) in [7, 11) is -3.99. The fourth-order valence-electron chi connectivity index (χ4n) is 3.65. The van der Waals surface area contributed by atoms with Crippen molar-refractivity contribution in [3.8, 4) is 0 Å². The van der Waals surface area contributed by atoms with Gasteiger partial charge in [-0.05, 0) is 42.5 Å². The predicted octanol–water partition coefficient (Wildman–Crippen LogP) is 3.86. The van der Waals surface area contributed by atoms with Gasteiger partial charge in [0.05, 0.1) is 16.5 Å². The molecule has 4 rings (SSSR count). The molecule has 1 aliphatic rings. The van der Waals surface area contributed by atoms with Gasteiger partial charge in [0.15, 0.2) is 0 Å². The van der Waals surface area contributed by atoms with E-state index in [9.17, 15) is 27.5 Å². The van der Waals surface area contributed by atoms with E-state index in [0.717, 1.165) is 9.37 Å². The second-order valence-corrected chi connectivity index (χ2v) is 9.71. The van der Waals surface area contributed by atoms with Crippen LogP contribution in [-0.2, 0) is 19.6 Å². The first-order valence-electron chi connectivity index (χ1n) is 9.54. The van der Waals surface area contributed by atoms with Crippen molar-refractivity contribution in [2.24, 2.45) is 5.14 Å². The van der Waals surface area contributed by atoms with Gasteiger partial charge in [0.2, 0.25) is 10.0 Å². The third-order valence-electron chi connectivity index (χ3n) is 5.21. The summed E-state index contributed by atoms with van der Waals surface area (Å²) in [6.07, 6.45) is 0. The van der Waals surface area contributed by atoms with E-state index in [1.54, 1.807) is 30.3 Å². The number of aliphatic hydroxyl groups is 1. The Morgan fingerprint density at radius 3 is 2.15 bits per heavy atom. The number of primary sulfonamides is 1. The maximum absolute atomic E-state index is 14.8. The fourth-order valence-corrected chi connectivity index (χ4v) is 4.43. The molecule has 0 aromatic heterocycles. The number of anilines is 1. The Labute approximate surface area is 197 Å². The number of hydrogen-bond donors (Lipinski definition) is 2. The molecular formula is C23H16BrFN2O5S. The number of Topliss-reactive ketones (excluding diaryl/α,β-unsaturated/α-hetero) is 1. The van der Waals surface area contributed by atoms with E-state index in [1.165, 1.54) is 42.5 Å². The molecule has 33 heavy (non-hydrogen) atoms. The lowest BCUT2D eigenvalue weighted by atomic mass is 9.94. The first-order chi connectivity index (χ1) is 15.6. The smallest absolute Gasteiger partial charge is 0.300 e. The summed E-state index contributed by atoms with van der Waals surface area (Å²) in [6.45, 7) is 0. The first kappa shape index (κ1) is 22.8. The average molecular weight is 531 g/mol. The number of carbonyl (C=O) groups excluding carboxylic acids is 2. The molecule has 3 N–H and O–H groups in total. The molecule has 0 saturated carbocycles. The Morgan fingerprint density at radius 2 is 1.58 bits per heavy atom. The highest BCUT2D eigenvalue weighted by atomic mass is 79.9. The minimum absolute atomic E-state index is 0.00844. The van der Waals surface area contributed by atoms with E-state index >= 15 is 0 Å². The molecule has 1 amide bonds. The molecule has 7 nitrogen and oxygen atoms in total. The number of carbonyl (C=O) groups is 2. The van der Waals surface area contributed by atoms with Crippen LogP contribution in [0.3, 0.4) is 0 Å². The minimum atomic E-state index is -3.99. The Bertz CT molecular complexity index is 1400. The van der Waals surface area contributed by atoms with Gasteiger partial charge in [-0.1, -0.05) is 46.3 Å². The molecule has 168 valence electrons. The summed E-state index contributed by atoms with van der Waals surface area (Å²) in [5, 5.41) is 16.1. The molecule has 1 heterocycles. The summed E-state index contributed by atoms with van der Waals surface area (Å²) < 4.78 is 38.7. The number of nitrogens with two attached hydrogens (primary N) is 1. The van der Waals surface area contributed by atoms with Crippen LogP contribution in [0, 0.1) is 5.82 Å². The van der Waals surface area contributed by atoms with Crippen molar-refractivity contribution in [1.82, 2.24) is 0 Å². The number of rotatable bonds is 4. The Hall–Kier alpha value is -3.34. The molecule has 0 radical (unpaired) electrons. The zero-order valence-electron chi connectivity index (χ0n) is 16.8. The number of sulfonamides is 1. The van der Waals surface area contributed by atoms with Crippen LogP contribution in [0.2, 0.25) is 0 Å². The maximum Gasteiger partial charge on any atom is 0.300 e. The Balaban J connectivity index is 1.94. The van der Waals surface area contributed by atoms with Gasteiger partial charge in [0.1, 0.15) is 11.6 Å². The van der Waals surface area contributed by atoms with Gasteiger partial charge in [0.25, 0.3) is 11.7 Å². The third-order valence-corrected chi connectivity index (χ3v) is 6.66. The Kier molecular flexibility index (Phi) is 5.91. The van der Waals surface area contributed by atoms with Crippen molar-refractivity contribution in [3.63, 3.8) is 0 Å². The quantitative estimate of drug-likeness (QED) is 0.301. The van der Waals surface area contributed by atoms with Crippen LogP contribution in [0.5, 0.6) is 0 Å². The van der Waals surface area contributed by atoms with E-state index in [1.807, 2.05) is 0 Å². The van der Waals surface area contributed by atoms with Crippen LogP contribution in [0.1, 0.15) is 17.2 Å². The molecule has 1 fully saturated rings. The second kappa shape index (κ2) is 8.54. The van der Waals surface area contributed by atoms with Gasteiger partial charge in [0, 0.05) is 21.3 Å². The summed E-state index contributed by atoms with van der Waals surface area (Å²) >= 11 is 3.29. The van der Waals surface area contributed by atoms with E-state index < -0.39 is 39.3 Å². The highest BCUT2D eigenvalue weighted by molar-refractivity contribution is 9.10. The maximum atomic E-state index is 14.8. The minimum Gasteiger partial charge on any atom is -0.507 e. The summed E-state index contributed by atoms with van der Waals surface area (Å²) in [5.41, 5.74) is 0.101. The number of benzene rings is 3. The monoisotopic (exact) mass is 530 g/mol. The average Bonchev–Trinajstić information content (AvgIpc) is 3.04. The van der Waals surface area contributed by atoms with Gasteiger partial charge in [-0.3, -0.25) is 14.5 Å². The molecule has 1 saturated heterocycles. The molecular weight excluding hydrogens is 515 g/mol. The van der Waals surface area contributed by atoms with E-state index in [4.69, 9.17) is 5.14 Å². The van der Waals surface area contributed by atoms with Crippen molar-refractivity contribution in [2.75, 3.05) is 4.90 Å². The topological polar surface area (TPSA) is 118 Å². The molecule has 3 aromatic rings. The molecule has 0 aliphatic carbocycles. The molecule has 0 bridgehead atoms. The molecule has 1 atom stereocenters. The largest absolute Gasteiger partial charge is 0.507 e. The van der Waals surface area contributed by atoms with Gasteiger partial charge in [-0.2, -0.15) is 0 Å². The Morgan fingerprint density at radius 1 is 0.970 bits per heavy atom. The number of halogens is 2. The van der Waals surface area contributed by atoms with Gasteiger partial charge < -0.3 is 5.11 Å². The van der Waals surface area contributed by atoms with Crippen LogP contribution in [0.15, 0.2) is 87.7 Å². The fraction of sp³-hybridized carbons (Fsp3) is 0.0435. The van der Waals surface area contributed by atoms with E-state index in [0.29, 0.717) is 0 Å². The van der Waals surface area contributed by atoms with Gasteiger partial charge in [-0.25, -0.2) is 17.9 Å². The zero-order chi connectivity index (χ0) is 23.9. The third kappa shape index (κ3) is 4.20. The van der Waals surface area contributed by atoms with Crippen molar-refractivity contribution in [3.05, 3.63) is 99.8 Å². The molecule has 3 aromatic carbocycles. The summed E-state index contributed by atoms with van der Waals surface area (Å²) in [4.78, 5) is 26.9. The number of nitrogens with zero attached hydrogens (tertiary/aromatic N) is 1. The SMILES string of the molecule is NS(=O)(=O)c1ccc(N2C(=O)C(=O)/C(=C(\O)c3ccc(Br)cc3)C2c2ccccc2F)cc1. The van der Waals surface area contributed by atoms with Gasteiger partial charge in [-0.15, -0.1) is 0 Å². The standard InChI is InChI=1S/C23H16BrFN2O5S/c24-14-7-5-13(6-8-14)21(28)19-20(17-3-1-2-4-18(17)25)27(23(30)22(19)29)15-9-11-16(12-10-15)33(26,31)32/h1-12,20,28H,(H2,26,31,32)/b21-19-. The predicted molar refractivity (Wildman–Crippen MR) is 123 cm³/mol. The highest BCUT2D eigenvalue weighted by Gasteiger charge is 2.47. The van der Waals surface area contributed by atoms with Crippen LogP contribution in [0.25, 0.3) is 5.76 Å². The lowest BCUT2D eigenvalue weighted by Gasteiger charge is -2.25. The number of aliphatic hydroxyl groups excluding tert-OH is 1. The number of hydrogen-bond acceptors (Lipinski definition) is 5. The lowest BCUT2D eigenvalue weighted by molar-refractivity contribution is -0.132.